The maximum Gasteiger partial charge on any atom is 0.339 e. The zero-order chi connectivity index (χ0) is 47.1. The van der Waals surface area contributed by atoms with Gasteiger partial charge in [-0.25, -0.2) is 9.59 Å². The molecule has 346 valence electrons. The highest BCUT2D eigenvalue weighted by molar-refractivity contribution is 5.90. The monoisotopic (exact) mass is 890 g/mol. The molecule has 3 aliphatic carbocycles. The van der Waals surface area contributed by atoms with E-state index in [1.807, 2.05) is 48.5 Å². The van der Waals surface area contributed by atoms with Crippen molar-refractivity contribution in [1.82, 2.24) is 0 Å². The quantitative estimate of drug-likeness (QED) is 0.0393. The van der Waals surface area contributed by atoms with E-state index in [2.05, 4.69) is 43.1 Å². The van der Waals surface area contributed by atoms with Crippen molar-refractivity contribution in [3.8, 4) is 41.8 Å². The molecule has 0 aliphatic heterocycles. The van der Waals surface area contributed by atoms with Gasteiger partial charge < -0.3 is 18.9 Å². The molecule has 3 aromatic rings. The fraction of sp³-hybridized carbons (Fsp3) is 0.483. The van der Waals surface area contributed by atoms with Gasteiger partial charge in [-0.1, -0.05) is 75.7 Å². The van der Waals surface area contributed by atoms with E-state index >= 15 is 0 Å². The number of terminal acetylenes is 1. The number of carbonyl (C=O) groups excluding carboxylic acids is 4. The molecule has 0 heterocycles. The summed E-state index contributed by atoms with van der Waals surface area (Å²) in [5, 5.41) is 0. The minimum Gasteiger partial charge on any atom is -0.458 e. The maximum atomic E-state index is 13.9. The van der Waals surface area contributed by atoms with Gasteiger partial charge in [-0.05, 0) is 181 Å². The topological polar surface area (TPSA) is 105 Å². The molecule has 0 amide bonds. The first kappa shape index (κ1) is 49.4. The number of ether oxygens (including phenoxy) is 4. The van der Waals surface area contributed by atoms with Crippen LogP contribution in [0.4, 0.5) is 0 Å². The Morgan fingerprint density at radius 3 is 1.77 bits per heavy atom. The van der Waals surface area contributed by atoms with Crippen LogP contribution in [0.15, 0.2) is 84.9 Å². The summed E-state index contributed by atoms with van der Waals surface area (Å²) in [6.45, 7) is 10.7. The molecule has 0 atom stereocenters. The van der Waals surface area contributed by atoms with Crippen molar-refractivity contribution in [3.05, 3.63) is 113 Å². The van der Waals surface area contributed by atoms with Gasteiger partial charge in [-0.3, -0.25) is 9.59 Å². The molecule has 6 rings (SSSR count). The average Bonchev–Trinajstić information content (AvgIpc) is 3.33. The van der Waals surface area contributed by atoms with E-state index < -0.39 is 23.1 Å². The molecule has 0 aromatic heterocycles. The molecule has 0 N–H and O–H groups in total. The standard InChI is InChI=1S/C58H66O8/c1-7-9-10-11-43-22-24-47(25-23-43)48-35-38-58(39-36-48,37-34-46-20-18-45(19-21-46)17-16-44-14-12-42(8-2)13-15-44)66-56(62)51-30-32-52(33-31-51)64-54(60)49-26-28-50(29-27-49)55(61)65-57(5,6)40-63-53(59)41(3)4/h2,12-15,18-21,30-33,43,47-50H,3,7,9-11,22-29,35-36,38-40H2,1,4-6H3. The number of hydrogen-bond acceptors (Lipinski definition) is 8. The van der Waals surface area contributed by atoms with Crippen molar-refractivity contribution in [2.24, 2.45) is 29.6 Å². The predicted octanol–water partition coefficient (Wildman–Crippen LogP) is 11.7. The zero-order valence-electron chi connectivity index (χ0n) is 39.4. The van der Waals surface area contributed by atoms with Crippen LogP contribution in [-0.4, -0.2) is 41.7 Å². The molecule has 3 saturated carbocycles. The average molecular weight is 891 g/mol. The highest BCUT2D eigenvalue weighted by Gasteiger charge is 2.41. The zero-order valence-corrected chi connectivity index (χ0v) is 39.4. The van der Waals surface area contributed by atoms with Crippen LogP contribution in [0.1, 0.15) is 163 Å². The van der Waals surface area contributed by atoms with Gasteiger partial charge in [-0.15, -0.1) is 6.42 Å². The Bertz CT molecular complexity index is 2320. The van der Waals surface area contributed by atoms with Gasteiger partial charge in [0, 0.05) is 27.8 Å². The fourth-order valence-electron chi connectivity index (χ4n) is 9.49. The van der Waals surface area contributed by atoms with Crippen molar-refractivity contribution in [2.45, 2.75) is 142 Å². The Labute approximate surface area is 393 Å². The van der Waals surface area contributed by atoms with E-state index in [0.717, 1.165) is 41.0 Å². The Morgan fingerprint density at radius 1 is 0.697 bits per heavy atom. The van der Waals surface area contributed by atoms with E-state index in [1.165, 1.54) is 51.4 Å². The lowest BCUT2D eigenvalue weighted by atomic mass is 9.67. The van der Waals surface area contributed by atoms with Gasteiger partial charge in [0.25, 0.3) is 0 Å². The molecular formula is C58H66O8. The molecule has 66 heavy (non-hydrogen) atoms. The predicted molar refractivity (Wildman–Crippen MR) is 257 cm³/mol. The second-order valence-electron chi connectivity index (χ2n) is 19.3. The van der Waals surface area contributed by atoms with Crippen LogP contribution in [0.3, 0.4) is 0 Å². The minimum atomic E-state index is -1.00. The van der Waals surface area contributed by atoms with Crippen molar-refractivity contribution < 1.29 is 38.1 Å². The van der Waals surface area contributed by atoms with Crippen LogP contribution in [0.2, 0.25) is 0 Å². The molecule has 3 aliphatic rings. The summed E-state index contributed by atoms with van der Waals surface area (Å²) in [6, 6.07) is 21.9. The third-order valence-corrected chi connectivity index (χ3v) is 13.6. The maximum absolute atomic E-state index is 13.9. The molecule has 0 unspecified atom stereocenters. The summed E-state index contributed by atoms with van der Waals surface area (Å²) in [7, 11) is 0. The van der Waals surface area contributed by atoms with Crippen LogP contribution >= 0.6 is 0 Å². The summed E-state index contributed by atoms with van der Waals surface area (Å²) in [5.74, 6) is 15.8. The highest BCUT2D eigenvalue weighted by Crippen LogP contribution is 2.45. The molecule has 3 aromatic carbocycles. The molecule has 0 spiro atoms. The van der Waals surface area contributed by atoms with Crippen LogP contribution in [0, 0.1) is 65.6 Å². The van der Waals surface area contributed by atoms with Crippen LogP contribution in [0.5, 0.6) is 5.75 Å². The van der Waals surface area contributed by atoms with Crippen LogP contribution < -0.4 is 4.74 Å². The summed E-state index contributed by atoms with van der Waals surface area (Å²) >= 11 is 0. The number of rotatable bonds is 14. The Balaban J connectivity index is 1.05. The second kappa shape index (κ2) is 23.4. The molecule has 8 heteroatoms. The van der Waals surface area contributed by atoms with E-state index in [4.69, 9.17) is 25.4 Å². The first-order valence-electron chi connectivity index (χ1n) is 24.1. The Hall–Kier alpha value is -6.04. The van der Waals surface area contributed by atoms with E-state index in [1.54, 1.807) is 45.0 Å². The number of benzene rings is 3. The van der Waals surface area contributed by atoms with Crippen LogP contribution in [0.25, 0.3) is 0 Å². The fourth-order valence-corrected chi connectivity index (χ4v) is 9.49. The first-order chi connectivity index (χ1) is 31.7. The third kappa shape index (κ3) is 14.5. The molecule has 3 fully saturated rings. The summed E-state index contributed by atoms with van der Waals surface area (Å²) in [6.07, 6.45) is 21.2. The molecular weight excluding hydrogens is 825 g/mol. The lowest BCUT2D eigenvalue weighted by Crippen LogP contribution is -2.39. The van der Waals surface area contributed by atoms with E-state index in [0.29, 0.717) is 61.7 Å². The first-order valence-corrected chi connectivity index (χ1v) is 24.1. The van der Waals surface area contributed by atoms with Crippen LogP contribution in [-0.2, 0) is 28.6 Å². The molecule has 0 bridgehead atoms. The van der Waals surface area contributed by atoms with E-state index in [-0.39, 0.29) is 36.0 Å². The summed E-state index contributed by atoms with van der Waals surface area (Å²) in [5.41, 5.74) is 2.07. The number of hydrogen-bond donors (Lipinski definition) is 0. The minimum absolute atomic E-state index is 0.0866. The summed E-state index contributed by atoms with van der Waals surface area (Å²) in [4.78, 5) is 51.9. The molecule has 0 saturated heterocycles. The number of unbranched alkanes of at least 4 members (excludes halogenated alkanes) is 2. The SMILES string of the molecule is C#Cc1ccc(C#Cc2ccc(C#CC3(OC(=O)c4ccc(OC(=O)C5CCC(C(=O)OC(C)(C)COC(=O)C(=C)C)CC5)cc4)CCC(C4CCC(CCCCC)CC4)CC3)cc2)cc1. The summed E-state index contributed by atoms with van der Waals surface area (Å²) < 4.78 is 23.0. The van der Waals surface area contributed by atoms with Crippen molar-refractivity contribution in [1.29, 1.82) is 0 Å². The lowest BCUT2D eigenvalue weighted by Gasteiger charge is -2.41. The van der Waals surface area contributed by atoms with Gasteiger partial charge in [0.2, 0.25) is 0 Å². The lowest BCUT2D eigenvalue weighted by molar-refractivity contribution is -0.172. The Morgan fingerprint density at radius 2 is 1.23 bits per heavy atom. The van der Waals surface area contributed by atoms with Crippen molar-refractivity contribution >= 4 is 23.9 Å². The molecule has 8 nitrogen and oxygen atoms in total. The number of esters is 4. The van der Waals surface area contributed by atoms with Gasteiger partial charge >= 0.3 is 23.9 Å². The van der Waals surface area contributed by atoms with Crippen molar-refractivity contribution in [2.75, 3.05) is 6.61 Å². The highest BCUT2D eigenvalue weighted by atomic mass is 16.6. The van der Waals surface area contributed by atoms with E-state index in [9.17, 15) is 19.2 Å². The van der Waals surface area contributed by atoms with Gasteiger partial charge in [0.1, 0.15) is 18.0 Å². The smallest absolute Gasteiger partial charge is 0.339 e. The Kier molecular flexibility index (Phi) is 17.5. The second-order valence-corrected chi connectivity index (χ2v) is 19.3. The van der Waals surface area contributed by atoms with Crippen molar-refractivity contribution in [3.63, 3.8) is 0 Å². The normalized spacial score (nSPS) is 22.7. The van der Waals surface area contributed by atoms with Gasteiger partial charge in [0.15, 0.2) is 5.60 Å². The number of carbonyl (C=O) groups is 4. The van der Waals surface area contributed by atoms with Gasteiger partial charge in [0.05, 0.1) is 17.4 Å². The third-order valence-electron chi connectivity index (χ3n) is 13.6. The molecule has 0 radical (unpaired) electrons. The largest absolute Gasteiger partial charge is 0.458 e. The van der Waals surface area contributed by atoms with Gasteiger partial charge in [-0.2, -0.15) is 0 Å².